The van der Waals surface area contributed by atoms with Crippen LogP contribution in [0.4, 0.5) is 0 Å². The minimum absolute atomic E-state index is 0.0405. The van der Waals surface area contributed by atoms with Gasteiger partial charge in [-0.05, 0) is 55.8 Å². The quantitative estimate of drug-likeness (QED) is 0.425. The van der Waals surface area contributed by atoms with Gasteiger partial charge in [-0.25, -0.2) is 0 Å². The van der Waals surface area contributed by atoms with Gasteiger partial charge in [0.1, 0.15) is 0 Å². The summed E-state index contributed by atoms with van der Waals surface area (Å²) in [6.07, 6.45) is 13.2. The number of unbranched alkanes of at least 4 members (excludes halogenated alkanes) is 1. The van der Waals surface area contributed by atoms with Crippen molar-refractivity contribution in [1.29, 1.82) is 0 Å². The first-order valence-corrected chi connectivity index (χ1v) is 11.6. The number of carbonyl (C=O) groups is 1. The van der Waals surface area contributed by atoms with Crippen LogP contribution < -0.4 is 0 Å². The fraction of sp³-hybridized carbons (Fsp3) is 0.708. The van der Waals surface area contributed by atoms with Crippen molar-refractivity contribution in [2.45, 2.75) is 82.2 Å². The van der Waals surface area contributed by atoms with Crippen molar-refractivity contribution in [3.8, 4) is 0 Å². The molecule has 2 heterocycles. The smallest absolute Gasteiger partial charge is 0.310 e. The van der Waals surface area contributed by atoms with Crippen molar-refractivity contribution in [1.82, 2.24) is 4.90 Å². The second-order valence-electron chi connectivity index (χ2n) is 9.13. The molecule has 3 aliphatic rings. The van der Waals surface area contributed by atoms with Crippen molar-refractivity contribution in [3.63, 3.8) is 0 Å². The van der Waals surface area contributed by atoms with Gasteiger partial charge in [0.15, 0.2) is 0 Å². The Bertz CT molecular complexity index is 655. The lowest BCUT2D eigenvalue weighted by atomic mass is 9.76. The first-order chi connectivity index (χ1) is 13.7. The number of rotatable bonds is 7. The molecular formula is C24H34ClNO2. The first kappa shape index (κ1) is 20.2. The third kappa shape index (κ3) is 4.26. The molecule has 1 aliphatic carbocycles. The zero-order chi connectivity index (χ0) is 19.5. The van der Waals surface area contributed by atoms with Crippen molar-refractivity contribution in [2.24, 2.45) is 11.8 Å². The fourth-order valence-electron chi connectivity index (χ4n) is 6.20. The molecule has 3 nitrogen and oxygen atoms in total. The van der Waals surface area contributed by atoms with E-state index in [-0.39, 0.29) is 17.8 Å². The van der Waals surface area contributed by atoms with Crippen LogP contribution in [0.15, 0.2) is 24.3 Å². The Labute approximate surface area is 174 Å². The summed E-state index contributed by atoms with van der Waals surface area (Å²) in [5.74, 6) is 1.13. The number of hydrogen-bond donors (Lipinski definition) is 0. The number of piperidine rings is 1. The summed E-state index contributed by atoms with van der Waals surface area (Å²) in [6.45, 7) is 1.14. The maximum atomic E-state index is 12.8. The average Bonchev–Trinajstić information content (AvgIpc) is 3.32. The van der Waals surface area contributed by atoms with E-state index in [9.17, 15) is 4.79 Å². The number of methoxy groups -OCH3 is 1. The Kier molecular flexibility index (Phi) is 6.62. The molecule has 1 aromatic rings. The molecule has 0 radical (unpaired) electrons. The van der Waals surface area contributed by atoms with E-state index in [1.54, 1.807) is 0 Å². The molecule has 2 saturated heterocycles. The Balaban J connectivity index is 1.42. The molecule has 0 aromatic heterocycles. The van der Waals surface area contributed by atoms with Crippen molar-refractivity contribution in [2.75, 3.05) is 13.7 Å². The Hall–Kier alpha value is -1.06. The van der Waals surface area contributed by atoms with Crippen LogP contribution in [0.2, 0.25) is 5.02 Å². The number of carbonyl (C=O) groups excluding carboxylic acids is 1. The molecule has 4 unspecified atom stereocenters. The van der Waals surface area contributed by atoms with Crippen molar-refractivity contribution < 1.29 is 9.53 Å². The molecule has 1 aromatic carbocycles. The molecule has 4 atom stereocenters. The van der Waals surface area contributed by atoms with Gasteiger partial charge in [-0.15, -0.1) is 0 Å². The van der Waals surface area contributed by atoms with Gasteiger partial charge in [0, 0.05) is 23.0 Å². The standard InChI is InChI=1S/C24H34ClNO2/c1-28-24(27)23-21(18-9-11-19(25)12-10-18)16-20-13-14-22(23)26(20)15-5-4-8-17-6-2-3-7-17/h9-12,17,20-23H,2-8,13-16H2,1H3. The minimum Gasteiger partial charge on any atom is -0.469 e. The third-order valence-corrected chi connectivity index (χ3v) is 7.84. The second-order valence-corrected chi connectivity index (χ2v) is 9.56. The van der Waals surface area contributed by atoms with Crippen LogP contribution in [0.1, 0.15) is 75.7 Å². The molecule has 154 valence electrons. The zero-order valence-electron chi connectivity index (χ0n) is 17.1. The zero-order valence-corrected chi connectivity index (χ0v) is 17.9. The van der Waals surface area contributed by atoms with Crippen LogP contribution in [0.25, 0.3) is 0 Å². The summed E-state index contributed by atoms with van der Waals surface area (Å²) in [5, 5.41) is 0.751. The van der Waals surface area contributed by atoms with Crippen LogP contribution >= 0.6 is 11.6 Å². The van der Waals surface area contributed by atoms with Crippen LogP contribution in [-0.2, 0) is 9.53 Å². The number of fused-ring (bicyclic) bond motifs is 2. The molecule has 2 aliphatic heterocycles. The maximum absolute atomic E-state index is 12.8. The summed E-state index contributed by atoms with van der Waals surface area (Å²) in [5.41, 5.74) is 1.23. The van der Waals surface area contributed by atoms with E-state index in [0.29, 0.717) is 12.1 Å². The number of ether oxygens (including phenoxy) is 1. The van der Waals surface area contributed by atoms with Gasteiger partial charge < -0.3 is 4.74 Å². The van der Waals surface area contributed by atoms with E-state index in [4.69, 9.17) is 16.3 Å². The van der Waals surface area contributed by atoms with E-state index in [1.807, 2.05) is 12.1 Å². The van der Waals surface area contributed by atoms with Gasteiger partial charge in [0.2, 0.25) is 0 Å². The van der Waals surface area contributed by atoms with Gasteiger partial charge in [-0.3, -0.25) is 9.69 Å². The van der Waals surface area contributed by atoms with Gasteiger partial charge in [-0.2, -0.15) is 0 Å². The highest BCUT2D eigenvalue weighted by atomic mass is 35.5. The maximum Gasteiger partial charge on any atom is 0.310 e. The average molecular weight is 404 g/mol. The third-order valence-electron chi connectivity index (χ3n) is 7.59. The van der Waals surface area contributed by atoms with E-state index in [0.717, 1.165) is 30.3 Å². The van der Waals surface area contributed by atoms with Crippen LogP contribution in [-0.4, -0.2) is 36.6 Å². The largest absolute Gasteiger partial charge is 0.469 e. The summed E-state index contributed by atoms with van der Waals surface area (Å²) in [7, 11) is 1.54. The fourth-order valence-corrected chi connectivity index (χ4v) is 6.32. The van der Waals surface area contributed by atoms with E-state index < -0.39 is 0 Å². The summed E-state index contributed by atoms with van der Waals surface area (Å²) >= 11 is 6.09. The SMILES string of the molecule is COC(=O)C1C(c2ccc(Cl)cc2)CC2CCC1N2CCCCC1CCCC1. The van der Waals surface area contributed by atoms with Gasteiger partial charge in [-0.1, -0.05) is 62.3 Å². The molecule has 28 heavy (non-hydrogen) atoms. The van der Waals surface area contributed by atoms with Crippen LogP contribution in [0, 0.1) is 11.8 Å². The van der Waals surface area contributed by atoms with E-state index in [1.165, 1.54) is 64.0 Å². The van der Waals surface area contributed by atoms with E-state index >= 15 is 0 Å². The predicted molar refractivity (Wildman–Crippen MR) is 114 cm³/mol. The lowest BCUT2D eigenvalue weighted by Gasteiger charge is -2.43. The van der Waals surface area contributed by atoms with Crippen LogP contribution in [0.3, 0.4) is 0 Å². The number of halogens is 1. The van der Waals surface area contributed by atoms with Gasteiger partial charge in [0.25, 0.3) is 0 Å². The monoisotopic (exact) mass is 403 g/mol. The summed E-state index contributed by atoms with van der Waals surface area (Å²) in [4.78, 5) is 15.4. The van der Waals surface area contributed by atoms with Crippen LogP contribution in [0.5, 0.6) is 0 Å². The number of benzene rings is 1. The van der Waals surface area contributed by atoms with Gasteiger partial charge in [0.05, 0.1) is 13.0 Å². The normalized spacial score (nSPS) is 30.6. The summed E-state index contributed by atoms with van der Waals surface area (Å²) < 4.78 is 5.27. The highest BCUT2D eigenvalue weighted by molar-refractivity contribution is 6.30. The minimum atomic E-state index is -0.0558. The molecule has 4 heteroatoms. The molecular weight excluding hydrogens is 370 g/mol. The molecule has 3 fully saturated rings. The molecule has 1 saturated carbocycles. The summed E-state index contributed by atoms with van der Waals surface area (Å²) in [6, 6.07) is 9.03. The van der Waals surface area contributed by atoms with Gasteiger partial charge >= 0.3 is 5.97 Å². The lowest BCUT2D eigenvalue weighted by molar-refractivity contribution is -0.150. The highest BCUT2D eigenvalue weighted by Crippen LogP contribution is 2.47. The number of esters is 1. The lowest BCUT2D eigenvalue weighted by Crippen LogP contribution is -2.51. The Morgan fingerprint density at radius 1 is 1.11 bits per heavy atom. The Morgan fingerprint density at radius 2 is 1.86 bits per heavy atom. The number of hydrogen-bond acceptors (Lipinski definition) is 3. The van der Waals surface area contributed by atoms with Crippen molar-refractivity contribution in [3.05, 3.63) is 34.9 Å². The second kappa shape index (κ2) is 9.17. The number of nitrogens with zero attached hydrogens (tertiary/aromatic N) is 1. The molecule has 0 amide bonds. The Morgan fingerprint density at radius 3 is 2.57 bits per heavy atom. The topological polar surface area (TPSA) is 29.5 Å². The molecule has 0 spiro atoms. The van der Waals surface area contributed by atoms with E-state index in [2.05, 4.69) is 17.0 Å². The molecule has 2 bridgehead atoms. The molecule has 4 rings (SSSR count). The highest BCUT2D eigenvalue weighted by Gasteiger charge is 2.50. The predicted octanol–water partition coefficient (Wildman–Crippen LogP) is 5.81. The van der Waals surface area contributed by atoms with Crippen molar-refractivity contribution >= 4 is 17.6 Å². The first-order valence-electron chi connectivity index (χ1n) is 11.3. The molecule has 0 N–H and O–H groups in total.